The molecule has 0 fully saturated rings. The highest BCUT2D eigenvalue weighted by Crippen LogP contribution is 2.18. The van der Waals surface area contributed by atoms with Crippen molar-refractivity contribution in [3.8, 4) is 23.8 Å². The third-order valence-corrected chi connectivity index (χ3v) is 2.40. The maximum absolute atomic E-state index is 10.9. The van der Waals surface area contributed by atoms with Gasteiger partial charge in [0.05, 0.1) is 0 Å². The van der Waals surface area contributed by atoms with E-state index in [9.17, 15) is 4.79 Å². The number of rotatable bonds is 4. The molecule has 0 bridgehead atoms. The maximum Gasteiger partial charge on any atom is 0.389 e. The van der Waals surface area contributed by atoms with Crippen LogP contribution < -0.4 is 9.47 Å². The predicted molar refractivity (Wildman–Crippen MR) is 71.7 cm³/mol. The predicted octanol–water partition coefficient (Wildman–Crippen LogP) is 2.80. The smallest absolute Gasteiger partial charge is 0.389 e. The van der Waals surface area contributed by atoms with Crippen molar-refractivity contribution >= 4 is 5.97 Å². The van der Waals surface area contributed by atoms with Crippen molar-refractivity contribution in [3.05, 3.63) is 60.2 Å². The quantitative estimate of drug-likeness (QED) is 0.363. The third-order valence-electron chi connectivity index (χ3n) is 2.40. The zero-order valence-electron chi connectivity index (χ0n) is 10.2. The first-order valence-electron chi connectivity index (χ1n) is 5.73. The molecule has 0 N–H and O–H groups in total. The summed E-state index contributed by atoms with van der Waals surface area (Å²) >= 11 is 0. The van der Waals surface area contributed by atoms with E-state index in [1.807, 2.05) is 36.3 Å². The first-order chi connectivity index (χ1) is 9.28. The molecule has 0 spiro atoms. The van der Waals surface area contributed by atoms with E-state index in [1.54, 1.807) is 24.3 Å². The summed E-state index contributed by atoms with van der Waals surface area (Å²) in [6.45, 7) is 0.490. The number of hydrogen-bond acceptors (Lipinski definition) is 3. The third kappa shape index (κ3) is 3.90. The molecule has 0 aliphatic rings. The van der Waals surface area contributed by atoms with Crippen LogP contribution in [0.2, 0.25) is 0 Å². The van der Waals surface area contributed by atoms with E-state index < -0.39 is 5.97 Å². The molecular formula is C16H12O3. The van der Waals surface area contributed by atoms with Crippen LogP contribution in [0.4, 0.5) is 0 Å². The minimum atomic E-state index is -0.710. The summed E-state index contributed by atoms with van der Waals surface area (Å²) < 4.78 is 10.4. The van der Waals surface area contributed by atoms with Crippen LogP contribution in [0, 0.1) is 12.3 Å². The second-order valence-electron chi connectivity index (χ2n) is 3.78. The molecule has 0 amide bonds. The molecule has 3 nitrogen and oxygen atoms in total. The van der Waals surface area contributed by atoms with Crippen LogP contribution in [0.25, 0.3) is 0 Å². The number of esters is 1. The average Bonchev–Trinajstić information content (AvgIpc) is 2.47. The van der Waals surface area contributed by atoms with E-state index in [-0.39, 0.29) is 0 Å². The standard InChI is InChI=1S/C16H12O3/c1-2-16(17)19-15-10-8-14(9-11-15)18-12-13-6-4-3-5-7-13/h1,3-11H,12H2. The van der Waals surface area contributed by atoms with E-state index in [4.69, 9.17) is 15.9 Å². The molecule has 19 heavy (non-hydrogen) atoms. The van der Waals surface area contributed by atoms with E-state index in [0.717, 1.165) is 5.56 Å². The highest BCUT2D eigenvalue weighted by Gasteiger charge is 2.01. The van der Waals surface area contributed by atoms with Gasteiger partial charge in [0.1, 0.15) is 18.1 Å². The highest BCUT2D eigenvalue weighted by atomic mass is 16.5. The molecule has 0 aliphatic heterocycles. The average molecular weight is 252 g/mol. The fourth-order valence-electron chi connectivity index (χ4n) is 1.48. The Balaban J connectivity index is 1.92. The largest absolute Gasteiger partial charge is 0.489 e. The van der Waals surface area contributed by atoms with Gasteiger partial charge in [0.2, 0.25) is 0 Å². The molecule has 2 aromatic rings. The normalized spacial score (nSPS) is 9.42. The van der Waals surface area contributed by atoms with Gasteiger partial charge in [0.15, 0.2) is 0 Å². The molecule has 0 saturated heterocycles. The van der Waals surface area contributed by atoms with Gasteiger partial charge in [0.25, 0.3) is 0 Å². The lowest BCUT2D eigenvalue weighted by molar-refractivity contribution is -0.128. The van der Waals surface area contributed by atoms with Crippen LogP contribution in [0.1, 0.15) is 5.56 Å². The zero-order chi connectivity index (χ0) is 13.5. The van der Waals surface area contributed by atoms with Crippen LogP contribution in [0.5, 0.6) is 11.5 Å². The van der Waals surface area contributed by atoms with Crippen molar-refractivity contribution in [2.45, 2.75) is 6.61 Å². The Kier molecular flexibility index (Phi) is 4.20. The molecule has 0 aliphatic carbocycles. The molecule has 0 heterocycles. The molecule has 2 rings (SSSR count). The first-order valence-corrected chi connectivity index (χ1v) is 5.73. The van der Waals surface area contributed by atoms with E-state index in [2.05, 4.69) is 0 Å². The van der Waals surface area contributed by atoms with Crippen molar-refractivity contribution in [2.24, 2.45) is 0 Å². The summed E-state index contributed by atoms with van der Waals surface area (Å²) in [4.78, 5) is 10.9. The molecule has 0 saturated carbocycles. The number of benzene rings is 2. The van der Waals surface area contributed by atoms with Gasteiger partial charge in [-0.2, -0.15) is 0 Å². The van der Waals surface area contributed by atoms with Crippen LogP contribution in [0.3, 0.4) is 0 Å². The lowest BCUT2D eigenvalue weighted by Crippen LogP contribution is -2.03. The lowest BCUT2D eigenvalue weighted by atomic mass is 10.2. The number of terminal acetylenes is 1. The van der Waals surface area contributed by atoms with Crippen molar-refractivity contribution in [1.29, 1.82) is 0 Å². The fourth-order valence-corrected chi connectivity index (χ4v) is 1.48. The maximum atomic E-state index is 10.9. The van der Waals surface area contributed by atoms with Gasteiger partial charge in [-0.1, -0.05) is 30.3 Å². The summed E-state index contributed by atoms with van der Waals surface area (Å²) in [5.74, 6) is 2.27. The molecule has 2 aromatic carbocycles. The molecule has 0 aromatic heterocycles. The van der Waals surface area contributed by atoms with Gasteiger partial charge in [-0.05, 0) is 29.8 Å². The van der Waals surface area contributed by atoms with E-state index >= 15 is 0 Å². The summed E-state index contributed by atoms with van der Waals surface area (Å²) in [6.07, 6.45) is 4.91. The van der Waals surface area contributed by atoms with Crippen molar-refractivity contribution in [1.82, 2.24) is 0 Å². The van der Waals surface area contributed by atoms with Gasteiger partial charge in [0, 0.05) is 5.92 Å². The minimum Gasteiger partial charge on any atom is -0.489 e. The molecule has 0 radical (unpaired) electrons. The number of hydrogen-bond donors (Lipinski definition) is 0. The molecule has 94 valence electrons. The Morgan fingerprint density at radius 2 is 1.63 bits per heavy atom. The molecule has 3 heteroatoms. The van der Waals surface area contributed by atoms with E-state index in [1.165, 1.54) is 0 Å². The van der Waals surface area contributed by atoms with E-state index in [0.29, 0.717) is 18.1 Å². The lowest BCUT2D eigenvalue weighted by Gasteiger charge is -2.07. The molecule has 0 atom stereocenters. The fraction of sp³-hybridized carbons (Fsp3) is 0.0625. The van der Waals surface area contributed by atoms with Crippen LogP contribution in [-0.2, 0) is 11.4 Å². The monoisotopic (exact) mass is 252 g/mol. The summed E-state index contributed by atoms with van der Waals surface area (Å²) in [5, 5.41) is 0. The summed E-state index contributed by atoms with van der Waals surface area (Å²) in [6, 6.07) is 16.6. The van der Waals surface area contributed by atoms with Crippen LogP contribution in [-0.4, -0.2) is 5.97 Å². The first kappa shape index (κ1) is 12.7. The topological polar surface area (TPSA) is 35.5 Å². The molecular weight excluding hydrogens is 240 g/mol. The van der Waals surface area contributed by atoms with Crippen molar-refractivity contribution in [3.63, 3.8) is 0 Å². The van der Waals surface area contributed by atoms with Crippen molar-refractivity contribution < 1.29 is 14.3 Å². The van der Waals surface area contributed by atoms with Crippen LogP contribution in [0.15, 0.2) is 54.6 Å². The number of carbonyl (C=O) groups is 1. The number of carbonyl (C=O) groups excluding carboxylic acids is 1. The highest BCUT2D eigenvalue weighted by molar-refractivity contribution is 5.89. The van der Waals surface area contributed by atoms with Gasteiger partial charge < -0.3 is 9.47 Å². The van der Waals surface area contributed by atoms with Gasteiger partial charge in [-0.25, -0.2) is 4.79 Å². The number of ether oxygens (including phenoxy) is 2. The second-order valence-corrected chi connectivity index (χ2v) is 3.78. The Hall–Kier alpha value is -2.73. The van der Waals surface area contributed by atoms with Gasteiger partial charge in [-0.3, -0.25) is 0 Å². The van der Waals surface area contributed by atoms with Gasteiger partial charge >= 0.3 is 5.97 Å². The minimum absolute atomic E-state index is 0.398. The second kappa shape index (κ2) is 6.27. The zero-order valence-corrected chi connectivity index (χ0v) is 10.2. The van der Waals surface area contributed by atoms with Crippen molar-refractivity contribution in [2.75, 3.05) is 0 Å². The Bertz CT molecular complexity index is 580. The van der Waals surface area contributed by atoms with Gasteiger partial charge in [-0.15, -0.1) is 6.42 Å². The molecule has 0 unspecified atom stereocenters. The Morgan fingerprint density at radius 1 is 1.00 bits per heavy atom. The summed E-state index contributed by atoms with van der Waals surface area (Å²) in [5.41, 5.74) is 1.09. The SMILES string of the molecule is C#CC(=O)Oc1ccc(OCc2ccccc2)cc1. The summed E-state index contributed by atoms with van der Waals surface area (Å²) in [7, 11) is 0. The Labute approximate surface area is 111 Å². The Morgan fingerprint density at radius 3 is 2.26 bits per heavy atom. The van der Waals surface area contributed by atoms with Crippen LogP contribution >= 0.6 is 0 Å².